The van der Waals surface area contributed by atoms with Gasteiger partial charge in [-0.1, -0.05) is 6.92 Å². The predicted molar refractivity (Wildman–Crippen MR) is 95.6 cm³/mol. The maximum Gasteiger partial charge on any atom is 0.222 e. The van der Waals surface area contributed by atoms with Crippen LogP contribution < -0.4 is 0 Å². The van der Waals surface area contributed by atoms with Crippen LogP contribution in [0.4, 0.5) is 4.39 Å². The van der Waals surface area contributed by atoms with E-state index in [0.29, 0.717) is 12.8 Å². The largest absolute Gasteiger partial charge is 0.340 e. The molecule has 0 N–H and O–H groups in total. The lowest BCUT2D eigenvalue weighted by atomic mass is 10.0. The number of halogens is 1. The molecule has 0 unspecified atom stereocenters. The first-order valence-corrected chi connectivity index (χ1v) is 8.85. The Morgan fingerprint density at radius 1 is 1.16 bits per heavy atom. The van der Waals surface area contributed by atoms with E-state index in [1.165, 1.54) is 12.1 Å². The maximum atomic E-state index is 13.1. The molecule has 0 radical (unpaired) electrons. The maximum absolute atomic E-state index is 13.1. The number of hydrogen-bond acceptors (Lipinski definition) is 3. The summed E-state index contributed by atoms with van der Waals surface area (Å²) < 4.78 is 14.9. The van der Waals surface area contributed by atoms with Crippen LogP contribution in [0.3, 0.4) is 0 Å². The number of carbonyl (C=O) groups is 1. The summed E-state index contributed by atoms with van der Waals surface area (Å²) in [5.74, 6) is -0.0627. The minimum atomic E-state index is -0.261. The molecular formula is C19H25FN4O. The zero-order chi connectivity index (χ0) is 17.8. The van der Waals surface area contributed by atoms with Crippen molar-refractivity contribution >= 4 is 5.91 Å². The van der Waals surface area contributed by atoms with Gasteiger partial charge in [0.05, 0.1) is 5.69 Å². The Hall–Kier alpha value is -2.21. The molecule has 2 heterocycles. The quantitative estimate of drug-likeness (QED) is 0.836. The molecule has 0 spiro atoms. The number of aryl methyl sites for hydroxylation is 2. The summed E-state index contributed by atoms with van der Waals surface area (Å²) in [6, 6.07) is 6.33. The van der Waals surface area contributed by atoms with E-state index in [9.17, 15) is 9.18 Å². The second-order valence-corrected chi connectivity index (χ2v) is 6.50. The third-order valence-corrected chi connectivity index (χ3v) is 4.80. The lowest BCUT2D eigenvalue weighted by molar-refractivity contribution is -0.132. The number of hydrogen-bond donors (Lipinski definition) is 0. The standard InChI is InChI=1S/C19H25FN4O/c1-3-23-10-12-24(13-11-23)18(25)9-6-16-14-22(2)21-19(16)15-4-7-17(20)8-5-15/h4-5,7-8,14H,3,6,9-13H2,1-2H3. The molecule has 3 rings (SSSR count). The second-order valence-electron chi connectivity index (χ2n) is 6.50. The molecule has 1 aromatic heterocycles. The molecule has 134 valence electrons. The van der Waals surface area contributed by atoms with Crippen LogP contribution in [0.15, 0.2) is 30.5 Å². The molecule has 1 saturated heterocycles. The van der Waals surface area contributed by atoms with Crippen molar-refractivity contribution in [2.24, 2.45) is 7.05 Å². The van der Waals surface area contributed by atoms with E-state index in [0.717, 1.165) is 49.5 Å². The zero-order valence-corrected chi connectivity index (χ0v) is 14.9. The predicted octanol–water partition coefficient (Wildman–Crippen LogP) is 2.32. The first-order chi connectivity index (χ1) is 12.1. The van der Waals surface area contributed by atoms with Crippen LogP contribution in [0.1, 0.15) is 18.9 Å². The van der Waals surface area contributed by atoms with Gasteiger partial charge in [0, 0.05) is 51.4 Å². The topological polar surface area (TPSA) is 41.4 Å². The summed E-state index contributed by atoms with van der Waals surface area (Å²) in [6.45, 7) is 6.72. The van der Waals surface area contributed by atoms with Crippen molar-refractivity contribution < 1.29 is 9.18 Å². The highest BCUT2D eigenvalue weighted by Gasteiger charge is 2.20. The van der Waals surface area contributed by atoms with Gasteiger partial charge in [-0.3, -0.25) is 9.48 Å². The van der Waals surface area contributed by atoms with Crippen LogP contribution in [0.2, 0.25) is 0 Å². The average molecular weight is 344 g/mol. The summed E-state index contributed by atoms with van der Waals surface area (Å²) in [5.41, 5.74) is 2.72. The first-order valence-electron chi connectivity index (χ1n) is 8.85. The van der Waals surface area contributed by atoms with Crippen molar-refractivity contribution in [3.05, 3.63) is 41.8 Å². The van der Waals surface area contributed by atoms with Gasteiger partial charge in [0.1, 0.15) is 5.82 Å². The number of aromatic nitrogens is 2. The number of carbonyl (C=O) groups excluding carboxylic acids is 1. The molecule has 0 bridgehead atoms. The summed E-state index contributed by atoms with van der Waals surface area (Å²) >= 11 is 0. The highest BCUT2D eigenvalue weighted by atomic mass is 19.1. The lowest BCUT2D eigenvalue weighted by Crippen LogP contribution is -2.48. The van der Waals surface area contributed by atoms with Crippen molar-refractivity contribution in [2.75, 3.05) is 32.7 Å². The fraction of sp³-hybridized carbons (Fsp3) is 0.474. The molecule has 1 aliphatic heterocycles. The van der Waals surface area contributed by atoms with Crippen LogP contribution in [-0.2, 0) is 18.3 Å². The molecule has 1 aromatic carbocycles. The van der Waals surface area contributed by atoms with E-state index < -0.39 is 0 Å². The van der Waals surface area contributed by atoms with Crippen LogP contribution in [-0.4, -0.2) is 58.2 Å². The number of rotatable bonds is 5. The van der Waals surface area contributed by atoms with E-state index in [1.54, 1.807) is 16.8 Å². The third kappa shape index (κ3) is 4.25. The number of benzene rings is 1. The Kier molecular flexibility index (Phi) is 5.48. The van der Waals surface area contributed by atoms with Gasteiger partial charge in [-0.15, -0.1) is 0 Å². The Morgan fingerprint density at radius 2 is 1.84 bits per heavy atom. The Morgan fingerprint density at radius 3 is 2.48 bits per heavy atom. The SMILES string of the molecule is CCN1CCN(C(=O)CCc2cn(C)nc2-c2ccc(F)cc2)CC1. The molecule has 0 atom stereocenters. The monoisotopic (exact) mass is 344 g/mol. The summed E-state index contributed by atoms with van der Waals surface area (Å²) in [7, 11) is 1.86. The molecule has 0 saturated carbocycles. The van der Waals surface area contributed by atoms with Crippen molar-refractivity contribution in [3.63, 3.8) is 0 Å². The lowest BCUT2D eigenvalue weighted by Gasteiger charge is -2.34. The van der Waals surface area contributed by atoms with Gasteiger partial charge in [0.2, 0.25) is 5.91 Å². The molecule has 1 aliphatic rings. The number of nitrogens with zero attached hydrogens (tertiary/aromatic N) is 4. The van der Waals surface area contributed by atoms with Crippen LogP contribution >= 0.6 is 0 Å². The van der Waals surface area contributed by atoms with Gasteiger partial charge in [0.25, 0.3) is 0 Å². The van der Waals surface area contributed by atoms with Gasteiger partial charge >= 0.3 is 0 Å². The zero-order valence-electron chi connectivity index (χ0n) is 14.9. The van der Waals surface area contributed by atoms with Gasteiger partial charge in [0.15, 0.2) is 0 Å². The fourth-order valence-electron chi connectivity index (χ4n) is 3.28. The van der Waals surface area contributed by atoms with Crippen molar-refractivity contribution in [1.29, 1.82) is 0 Å². The Bertz CT molecular complexity index is 718. The minimum absolute atomic E-state index is 0.199. The van der Waals surface area contributed by atoms with Crippen molar-refractivity contribution in [1.82, 2.24) is 19.6 Å². The number of likely N-dealkylation sites (N-methyl/N-ethyl adjacent to an activating group) is 1. The molecular weight excluding hydrogens is 319 g/mol. The van der Waals surface area contributed by atoms with E-state index in [1.807, 2.05) is 18.1 Å². The van der Waals surface area contributed by atoms with Crippen molar-refractivity contribution in [2.45, 2.75) is 19.8 Å². The number of piperazine rings is 1. The summed E-state index contributed by atoms with van der Waals surface area (Å²) in [5, 5.41) is 4.48. The molecule has 1 amide bonds. The highest BCUT2D eigenvalue weighted by Crippen LogP contribution is 2.23. The number of amides is 1. The highest BCUT2D eigenvalue weighted by molar-refractivity contribution is 5.77. The second kappa shape index (κ2) is 7.78. The van der Waals surface area contributed by atoms with E-state index in [2.05, 4.69) is 16.9 Å². The van der Waals surface area contributed by atoms with Crippen LogP contribution in [0.25, 0.3) is 11.3 Å². The minimum Gasteiger partial charge on any atom is -0.340 e. The van der Waals surface area contributed by atoms with Gasteiger partial charge < -0.3 is 9.80 Å². The van der Waals surface area contributed by atoms with Gasteiger partial charge in [-0.2, -0.15) is 5.10 Å². The normalized spacial score (nSPS) is 15.6. The van der Waals surface area contributed by atoms with Crippen LogP contribution in [0, 0.1) is 5.82 Å². The molecule has 2 aromatic rings. The Labute approximate surface area is 148 Å². The van der Waals surface area contributed by atoms with E-state index in [4.69, 9.17) is 0 Å². The Balaban J connectivity index is 1.63. The molecule has 25 heavy (non-hydrogen) atoms. The smallest absolute Gasteiger partial charge is 0.222 e. The van der Waals surface area contributed by atoms with E-state index >= 15 is 0 Å². The molecule has 6 heteroatoms. The van der Waals surface area contributed by atoms with Gasteiger partial charge in [-0.05, 0) is 42.8 Å². The summed E-state index contributed by atoms with van der Waals surface area (Å²) in [6.07, 6.45) is 3.07. The van der Waals surface area contributed by atoms with E-state index in [-0.39, 0.29) is 11.7 Å². The third-order valence-electron chi connectivity index (χ3n) is 4.80. The summed E-state index contributed by atoms with van der Waals surface area (Å²) in [4.78, 5) is 16.8. The molecule has 5 nitrogen and oxygen atoms in total. The average Bonchev–Trinajstić information content (AvgIpc) is 3.01. The fourth-order valence-corrected chi connectivity index (χ4v) is 3.28. The van der Waals surface area contributed by atoms with Crippen LogP contribution in [0.5, 0.6) is 0 Å². The van der Waals surface area contributed by atoms with Gasteiger partial charge in [-0.25, -0.2) is 4.39 Å². The molecule has 0 aliphatic carbocycles. The first kappa shape index (κ1) is 17.6. The van der Waals surface area contributed by atoms with Crippen molar-refractivity contribution in [3.8, 4) is 11.3 Å². The molecule has 1 fully saturated rings.